The average molecular weight is 365 g/mol. The molecule has 0 radical (unpaired) electrons. The Bertz CT molecular complexity index is 557. The van der Waals surface area contributed by atoms with Crippen molar-refractivity contribution in [3.8, 4) is 0 Å². The zero-order valence-electron chi connectivity index (χ0n) is 10.7. The normalized spacial score (nSPS) is 20.1. The highest BCUT2D eigenvalue weighted by Gasteiger charge is 2.31. The van der Waals surface area contributed by atoms with E-state index in [9.17, 15) is 8.42 Å². The fourth-order valence-electron chi connectivity index (χ4n) is 2.03. The lowest BCUT2D eigenvalue weighted by molar-refractivity contribution is 0.394. The van der Waals surface area contributed by atoms with Crippen molar-refractivity contribution in [3.63, 3.8) is 0 Å². The summed E-state index contributed by atoms with van der Waals surface area (Å²) in [4.78, 5) is 0.301. The zero-order valence-corrected chi connectivity index (χ0v) is 13.9. The van der Waals surface area contributed by atoms with Crippen LogP contribution in [0.25, 0.3) is 0 Å². The molecular formula is C12H17BrN2O2S2. The lowest BCUT2D eigenvalue weighted by Gasteiger charge is -2.24. The first-order valence-electron chi connectivity index (χ1n) is 6.01. The number of nitrogens with zero attached hydrogens (tertiary/aromatic N) is 1. The predicted molar refractivity (Wildman–Crippen MR) is 82.7 cm³/mol. The van der Waals surface area contributed by atoms with E-state index in [0.29, 0.717) is 15.9 Å². The van der Waals surface area contributed by atoms with Gasteiger partial charge in [-0.1, -0.05) is 6.07 Å². The summed E-state index contributed by atoms with van der Waals surface area (Å²) in [7, 11) is -1.81. The summed E-state index contributed by atoms with van der Waals surface area (Å²) in [6.07, 6.45) is 0.911. The largest absolute Gasteiger partial charge is 0.326 e. The van der Waals surface area contributed by atoms with Crippen molar-refractivity contribution < 1.29 is 8.42 Å². The van der Waals surface area contributed by atoms with Crippen molar-refractivity contribution >= 4 is 37.7 Å². The quantitative estimate of drug-likeness (QED) is 0.887. The van der Waals surface area contributed by atoms with Crippen LogP contribution in [-0.2, 0) is 16.6 Å². The van der Waals surface area contributed by atoms with Gasteiger partial charge in [-0.05, 0) is 45.8 Å². The number of hydrogen-bond acceptors (Lipinski definition) is 4. The van der Waals surface area contributed by atoms with E-state index in [0.717, 1.165) is 23.5 Å². The van der Waals surface area contributed by atoms with Gasteiger partial charge in [-0.15, -0.1) is 0 Å². The molecule has 1 unspecified atom stereocenters. The van der Waals surface area contributed by atoms with Gasteiger partial charge in [-0.3, -0.25) is 0 Å². The van der Waals surface area contributed by atoms with E-state index in [2.05, 4.69) is 15.9 Å². The molecule has 4 nitrogen and oxygen atoms in total. The minimum Gasteiger partial charge on any atom is -0.326 e. The minimum atomic E-state index is -3.47. The third-order valence-corrected chi connectivity index (χ3v) is 7.36. The molecule has 0 bridgehead atoms. The Balaban J connectivity index is 2.38. The Kier molecular flexibility index (Phi) is 4.94. The van der Waals surface area contributed by atoms with Crippen molar-refractivity contribution in [2.75, 3.05) is 18.6 Å². The topological polar surface area (TPSA) is 63.4 Å². The summed E-state index contributed by atoms with van der Waals surface area (Å²) in [5.74, 6) is 1.89. The smallest absolute Gasteiger partial charge is 0.244 e. The van der Waals surface area contributed by atoms with Crippen LogP contribution in [0.3, 0.4) is 0 Å². The van der Waals surface area contributed by atoms with Gasteiger partial charge in [0.2, 0.25) is 10.0 Å². The second-order valence-corrected chi connectivity index (χ2v) is 8.48. The van der Waals surface area contributed by atoms with Crippen molar-refractivity contribution in [1.82, 2.24) is 4.31 Å². The van der Waals surface area contributed by atoms with E-state index in [1.165, 1.54) is 4.31 Å². The van der Waals surface area contributed by atoms with E-state index in [-0.39, 0.29) is 6.04 Å². The van der Waals surface area contributed by atoms with Crippen LogP contribution >= 0.6 is 27.7 Å². The molecule has 106 valence electrons. The highest BCUT2D eigenvalue weighted by atomic mass is 79.9. The fraction of sp³-hybridized carbons (Fsp3) is 0.500. The first kappa shape index (κ1) is 15.3. The van der Waals surface area contributed by atoms with Crippen LogP contribution < -0.4 is 5.73 Å². The molecule has 2 N–H and O–H groups in total. The summed E-state index contributed by atoms with van der Waals surface area (Å²) >= 11 is 5.12. The molecule has 0 amide bonds. The average Bonchev–Trinajstić information content (AvgIpc) is 2.92. The molecule has 0 aromatic heterocycles. The van der Waals surface area contributed by atoms with Crippen molar-refractivity contribution in [3.05, 3.63) is 28.2 Å². The van der Waals surface area contributed by atoms with Gasteiger partial charge >= 0.3 is 0 Å². The molecule has 1 aliphatic heterocycles. The second-order valence-electron chi connectivity index (χ2n) is 4.51. The Morgan fingerprint density at radius 2 is 2.26 bits per heavy atom. The monoisotopic (exact) mass is 364 g/mol. The Hall–Kier alpha value is -0.0800. The van der Waals surface area contributed by atoms with Gasteiger partial charge < -0.3 is 5.73 Å². The maximum atomic E-state index is 12.7. The Morgan fingerprint density at radius 3 is 2.84 bits per heavy atom. The number of nitrogens with two attached hydrogens (primary N) is 1. The molecule has 1 saturated heterocycles. The van der Waals surface area contributed by atoms with E-state index < -0.39 is 10.0 Å². The van der Waals surface area contributed by atoms with Gasteiger partial charge in [0.15, 0.2) is 0 Å². The number of hydrogen-bond donors (Lipinski definition) is 1. The summed E-state index contributed by atoms with van der Waals surface area (Å²) in [5, 5.41) is 0. The summed E-state index contributed by atoms with van der Waals surface area (Å²) < 4.78 is 27.4. The number of thioether (sulfide) groups is 1. The van der Waals surface area contributed by atoms with Crippen LogP contribution in [0.4, 0.5) is 0 Å². The third kappa shape index (κ3) is 3.16. The van der Waals surface area contributed by atoms with E-state index in [1.54, 1.807) is 30.9 Å². The predicted octanol–water partition coefficient (Wildman–Crippen LogP) is 2.03. The summed E-state index contributed by atoms with van der Waals surface area (Å²) in [6, 6.07) is 5.31. The number of sulfonamides is 1. The highest BCUT2D eigenvalue weighted by Crippen LogP contribution is 2.30. The van der Waals surface area contributed by atoms with E-state index in [1.807, 2.05) is 6.07 Å². The van der Waals surface area contributed by atoms with Crippen LogP contribution in [-0.4, -0.2) is 37.3 Å². The molecule has 0 spiro atoms. The fourth-order valence-corrected chi connectivity index (χ4v) is 5.75. The molecule has 1 fully saturated rings. The van der Waals surface area contributed by atoms with Gasteiger partial charge in [0.25, 0.3) is 0 Å². The molecule has 0 aliphatic carbocycles. The van der Waals surface area contributed by atoms with Crippen molar-refractivity contribution in [1.29, 1.82) is 0 Å². The molecule has 1 atom stereocenters. The van der Waals surface area contributed by atoms with Crippen LogP contribution in [0.1, 0.15) is 12.0 Å². The molecular weight excluding hydrogens is 348 g/mol. The van der Waals surface area contributed by atoms with Crippen LogP contribution in [0.5, 0.6) is 0 Å². The maximum Gasteiger partial charge on any atom is 0.244 e. The van der Waals surface area contributed by atoms with Crippen LogP contribution in [0, 0.1) is 0 Å². The van der Waals surface area contributed by atoms with Gasteiger partial charge in [-0.25, -0.2) is 8.42 Å². The summed E-state index contributed by atoms with van der Waals surface area (Å²) in [6.45, 7) is 0.332. The van der Waals surface area contributed by atoms with Gasteiger partial charge in [-0.2, -0.15) is 16.1 Å². The van der Waals surface area contributed by atoms with E-state index >= 15 is 0 Å². The number of benzene rings is 1. The molecule has 0 saturated carbocycles. The molecule has 19 heavy (non-hydrogen) atoms. The molecule has 7 heteroatoms. The second kappa shape index (κ2) is 6.13. The lowest BCUT2D eigenvalue weighted by atomic mass is 10.2. The lowest BCUT2D eigenvalue weighted by Crippen LogP contribution is -2.37. The van der Waals surface area contributed by atoms with E-state index in [4.69, 9.17) is 5.73 Å². The van der Waals surface area contributed by atoms with Gasteiger partial charge in [0, 0.05) is 29.9 Å². The van der Waals surface area contributed by atoms with Crippen molar-refractivity contribution in [2.24, 2.45) is 5.73 Å². The first-order valence-corrected chi connectivity index (χ1v) is 9.40. The highest BCUT2D eigenvalue weighted by molar-refractivity contribution is 9.10. The van der Waals surface area contributed by atoms with Crippen LogP contribution in [0.2, 0.25) is 0 Å². The summed E-state index contributed by atoms with van der Waals surface area (Å²) in [5.41, 5.74) is 6.40. The minimum absolute atomic E-state index is 0.0865. The Labute approximate surface area is 126 Å². The number of halogens is 1. The van der Waals surface area contributed by atoms with Crippen LogP contribution in [0.15, 0.2) is 27.6 Å². The molecule has 1 heterocycles. The van der Waals surface area contributed by atoms with Gasteiger partial charge in [0.05, 0.1) is 4.90 Å². The van der Waals surface area contributed by atoms with Gasteiger partial charge in [0.1, 0.15) is 0 Å². The molecule has 1 aromatic carbocycles. The number of rotatable bonds is 4. The zero-order chi connectivity index (χ0) is 14.0. The molecule has 1 aliphatic rings. The Morgan fingerprint density at radius 1 is 1.53 bits per heavy atom. The maximum absolute atomic E-state index is 12.7. The molecule has 1 aromatic rings. The standard InChI is InChI=1S/C12H17BrN2O2S2/c1-15(10-4-5-18-8-10)19(16,17)12-6-9(7-14)2-3-11(12)13/h2-3,6,10H,4-5,7-8,14H2,1H3. The SMILES string of the molecule is CN(C1CCSC1)S(=O)(=O)c1cc(CN)ccc1Br. The first-order chi connectivity index (χ1) is 8.96. The molecule has 2 rings (SSSR count). The van der Waals surface area contributed by atoms with Crippen molar-refractivity contribution in [2.45, 2.75) is 23.9 Å². The third-order valence-electron chi connectivity index (χ3n) is 3.31.